The Morgan fingerprint density at radius 2 is 1.81 bits per heavy atom. The van der Waals surface area contributed by atoms with Crippen molar-refractivity contribution in [1.29, 1.82) is 0 Å². The smallest absolute Gasteiger partial charge is 0.321 e. The molecule has 4 heteroatoms. The lowest BCUT2D eigenvalue weighted by Crippen LogP contribution is -2.56. The molecule has 0 radical (unpaired) electrons. The van der Waals surface area contributed by atoms with E-state index in [1.165, 1.54) is 19.3 Å². The molecule has 7 atom stereocenters. The molecule has 0 N–H and O–H groups in total. The number of esters is 1. The molecular weight excluding hydrogens is 348 g/mol. The third-order valence-corrected chi connectivity index (χ3v) is 9.68. The summed E-state index contributed by atoms with van der Waals surface area (Å²) in [5.41, 5.74) is 0.0163. The maximum absolute atomic E-state index is 12.0. The number of hydrogen-bond acceptors (Lipinski definition) is 3. The third-order valence-electron chi connectivity index (χ3n) is 9.46. The van der Waals surface area contributed by atoms with Crippen LogP contribution in [0.4, 0.5) is 0 Å². The summed E-state index contributed by atoms with van der Waals surface area (Å²) >= 11 is 5.73. The maximum Gasteiger partial charge on any atom is 0.321 e. The first-order chi connectivity index (χ1) is 12.2. The lowest BCUT2D eigenvalue weighted by atomic mass is 9.44. The lowest BCUT2D eigenvalue weighted by molar-refractivity contribution is -0.182. The molecule has 0 aromatic heterocycles. The van der Waals surface area contributed by atoms with Crippen molar-refractivity contribution in [3.63, 3.8) is 0 Å². The van der Waals surface area contributed by atoms with E-state index in [0.29, 0.717) is 23.0 Å². The topological polar surface area (TPSA) is 43.4 Å². The first kappa shape index (κ1) is 18.8. The van der Waals surface area contributed by atoms with Gasteiger partial charge in [-0.3, -0.25) is 9.59 Å². The Labute approximate surface area is 162 Å². The van der Waals surface area contributed by atoms with Gasteiger partial charge in [0.25, 0.3) is 0 Å². The molecule has 0 saturated heterocycles. The normalized spacial score (nSPS) is 50.5. The number of halogens is 1. The fourth-order valence-electron chi connectivity index (χ4n) is 7.72. The van der Waals surface area contributed by atoms with Gasteiger partial charge in [-0.2, -0.15) is 0 Å². The summed E-state index contributed by atoms with van der Waals surface area (Å²) in [6.07, 6.45) is 9.58. The van der Waals surface area contributed by atoms with Gasteiger partial charge in [-0.25, -0.2) is 0 Å². The fourth-order valence-corrected chi connectivity index (χ4v) is 7.77. The zero-order chi connectivity index (χ0) is 18.7. The number of fused-ring (bicyclic) bond motifs is 5. The highest BCUT2D eigenvalue weighted by Gasteiger charge is 2.64. The van der Waals surface area contributed by atoms with E-state index < -0.39 is 0 Å². The predicted molar refractivity (Wildman–Crippen MR) is 102 cm³/mol. The van der Waals surface area contributed by atoms with Crippen LogP contribution in [0.15, 0.2) is 0 Å². The number of carbonyl (C=O) groups excluding carboxylic acids is 2. The average molecular weight is 381 g/mol. The molecule has 4 fully saturated rings. The molecule has 26 heavy (non-hydrogen) atoms. The van der Waals surface area contributed by atoms with Gasteiger partial charge in [0.15, 0.2) is 0 Å². The molecule has 0 unspecified atom stereocenters. The summed E-state index contributed by atoms with van der Waals surface area (Å²) in [6.45, 7) is 6.98. The Morgan fingerprint density at radius 1 is 1.08 bits per heavy atom. The van der Waals surface area contributed by atoms with E-state index in [9.17, 15) is 9.59 Å². The van der Waals surface area contributed by atoms with Crippen molar-refractivity contribution in [3.8, 4) is 0 Å². The number of Topliss-reactive ketones (excluding diaryl/α,β-unsaturated/α-hetero) is 1. The standard InChI is InChI=1S/C22H33ClO3/c1-20-9-6-15(24)12-14(20)4-5-16-17(20)7-10-21(2)18(16)8-11-22(21,3)26-19(25)13-23/h14,16-18H,4-13H2,1-3H3/t14-,16+,17-,18-,20-,21-,22-/m0/s1. The van der Waals surface area contributed by atoms with Gasteiger partial charge in [0.1, 0.15) is 17.3 Å². The Bertz CT molecular complexity index is 619. The number of carbonyl (C=O) groups is 2. The fraction of sp³-hybridized carbons (Fsp3) is 0.909. The summed E-state index contributed by atoms with van der Waals surface area (Å²) in [7, 11) is 0. The van der Waals surface area contributed by atoms with Crippen molar-refractivity contribution in [2.75, 3.05) is 5.88 Å². The van der Waals surface area contributed by atoms with E-state index in [4.69, 9.17) is 16.3 Å². The van der Waals surface area contributed by atoms with E-state index in [-0.39, 0.29) is 22.9 Å². The van der Waals surface area contributed by atoms with Crippen LogP contribution in [0.25, 0.3) is 0 Å². The molecule has 0 heterocycles. The molecule has 0 bridgehead atoms. The van der Waals surface area contributed by atoms with Crippen LogP contribution in [-0.2, 0) is 14.3 Å². The van der Waals surface area contributed by atoms with Gasteiger partial charge in [0, 0.05) is 18.3 Å². The molecule has 0 aromatic rings. The number of rotatable bonds is 2. The summed E-state index contributed by atoms with van der Waals surface area (Å²) < 4.78 is 5.93. The number of ketones is 1. The van der Waals surface area contributed by atoms with Gasteiger partial charge in [-0.15, -0.1) is 11.6 Å². The molecule has 0 spiro atoms. The van der Waals surface area contributed by atoms with Crippen molar-refractivity contribution in [2.45, 2.75) is 84.2 Å². The van der Waals surface area contributed by atoms with Crippen molar-refractivity contribution in [3.05, 3.63) is 0 Å². The van der Waals surface area contributed by atoms with Gasteiger partial charge in [-0.1, -0.05) is 13.8 Å². The van der Waals surface area contributed by atoms with Crippen LogP contribution in [0.5, 0.6) is 0 Å². The molecule has 4 aliphatic rings. The van der Waals surface area contributed by atoms with E-state index in [1.54, 1.807) is 0 Å². The zero-order valence-electron chi connectivity index (χ0n) is 16.5. The van der Waals surface area contributed by atoms with Crippen LogP contribution in [0, 0.1) is 34.5 Å². The Balaban J connectivity index is 1.60. The molecule has 146 valence electrons. The van der Waals surface area contributed by atoms with E-state index in [1.807, 2.05) is 0 Å². The highest BCUT2D eigenvalue weighted by Crippen LogP contribution is 2.68. The second-order valence-electron chi connectivity index (χ2n) is 10.2. The summed E-state index contributed by atoms with van der Waals surface area (Å²) in [4.78, 5) is 24.0. The Hall–Kier alpha value is -0.570. The summed E-state index contributed by atoms with van der Waals surface area (Å²) in [5, 5.41) is 0. The molecule has 4 aliphatic carbocycles. The van der Waals surface area contributed by atoms with E-state index in [0.717, 1.165) is 50.4 Å². The summed E-state index contributed by atoms with van der Waals surface area (Å²) in [6, 6.07) is 0. The number of alkyl halides is 1. The van der Waals surface area contributed by atoms with Crippen LogP contribution < -0.4 is 0 Å². The highest BCUT2D eigenvalue weighted by atomic mass is 35.5. The first-order valence-electron chi connectivity index (χ1n) is 10.5. The minimum atomic E-state index is -0.380. The lowest BCUT2D eigenvalue weighted by Gasteiger charge is -2.61. The molecule has 4 rings (SSSR count). The SMILES string of the molecule is C[C@]12CCC(=O)C[C@@H]1CC[C@@H]1[C@@H]2CC[C@@]2(C)[C@H]1CC[C@]2(C)OC(=O)CCl. The summed E-state index contributed by atoms with van der Waals surface area (Å²) in [5.74, 6) is 2.82. The molecule has 0 aromatic carbocycles. The number of hydrogen-bond donors (Lipinski definition) is 0. The van der Waals surface area contributed by atoms with Gasteiger partial charge in [0.2, 0.25) is 0 Å². The van der Waals surface area contributed by atoms with Gasteiger partial charge in [-0.05, 0) is 81.0 Å². The van der Waals surface area contributed by atoms with E-state index in [2.05, 4.69) is 20.8 Å². The first-order valence-corrected chi connectivity index (χ1v) is 11.1. The molecular formula is C22H33ClO3. The largest absolute Gasteiger partial charge is 0.458 e. The zero-order valence-corrected chi connectivity index (χ0v) is 17.2. The second kappa shape index (κ2) is 6.22. The van der Waals surface area contributed by atoms with Crippen LogP contribution in [0.1, 0.15) is 78.6 Å². The van der Waals surface area contributed by atoms with Crippen molar-refractivity contribution >= 4 is 23.4 Å². The van der Waals surface area contributed by atoms with Crippen molar-refractivity contribution in [1.82, 2.24) is 0 Å². The van der Waals surface area contributed by atoms with Crippen LogP contribution >= 0.6 is 11.6 Å². The van der Waals surface area contributed by atoms with Crippen LogP contribution in [0.2, 0.25) is 0 Å². The van der Waals surface area contributed by atoms with Crippen LogP contribution in [0.3, 0.4) is 0 Å². The van der Waals surface area contributed by atoms with Crippen LogP contribution in [-0.4, -0.2) is 23.2 Å². The molecule has 0 amide bonds. The molecule has 0 aliphatic heterocycles. The second-order valence-corrected chi connectivity index (χ2v) is 10.5. The van der Waals surface area contributed by atoms with Gasteiger partial charge in [0.05, 0.1) is 0 Å². The van der Waals surface area contributed by atoms with Gasteiger partial charge >= 0.3 is 5.97 Å². The third kappa shape index (κ3) is 2.52. The Kier molecular flexibility index (Phi) is 4.49. The molecule has 4 saturated carbocycles. The highest BCUT2D eigenvalue weighted by molar-refractivity contribution is 6.26. The number of ether oxygens (including phenoxy) is 1. The minimum Gasteiger partial charge on any atom is -0.458 e. The quantitative estimate of drug-likeness (QED) is 0.492. The van der Waals surface area contributed by atoms with E-state index >= 15 is 0 Å². The monoisotopic (exact) mass is 380 g/mol. The Morgan fingerprint density at radius 3 is 2.54 bits per heavy atom. The van der Waals surface area contributed by atoms with Crippen molar-refractivity contribution < 1.29 is 14.3 Å². The minimum absolute atomic E-state index is 0.0591. The predicted octanol–water partition coefficient (Wildman–Crippen LogP) is 5.14. The average Bonchev–Trinajstić information content (AvgIpc) is 2.86. The maximum atomic E-state index is 12.0. The van der Waals surface area contributed by atoms with Gasteiger partial charge < -0.3 is 4.74 Å². The van der Waals surface area contributed by atoms with Crippen molar-refractivity contribution in [2.24, 2.45) is 34.5 Å². The molecule has 3 nitrogen and oxygen atoms in total.